The Kier molecular flexibility index (Phi) is 4.31. The molecule has 0 bridgehead atoms. The molecule has 0 unspecified atom stereocenters. The molecule has 2 N–H and O–H groups in total. The third-order valence-corrected chi connectivity index (χ3v) is 2.21. The second-order valence-corrected chi connectivity index (χ2v) is 3.89. The van der Waals surface area contributed by atoms with Crippen molar-refractivity contribution in [1.82, 2.24) is 5.32 Å². The van der Waals surface area contributed by atoms with Crippen LogP contribution in [0.4, 0.5) is 0 Å². The van der Waals surface area contributed by atoms with Gasteiger partial charge in [-0.25, -0.2) is 0 Å². The number of aromatic hydroxyl groups is 1. The summed E-state index contributed by atoms with van der Waals surface area (Å²) in [5.41, 5.74) is 1.06. The Bertz CT molecular complexity index is 317. The van der Waals surface area contributed by atoms with E-state index in [1.54, 1.807) is 12.1 Å². The van der Waals surface area contributed by atoms with Gasteiger partial charge in [-0.05, 0) is 17.7 Å². The number of rotatable bonds is 5. The van der Waals surface area contributed by atoms with Crippen LogP contribution in [0.2, 0.25) is 0 Å². The third-order valence-electron chi connectivity index (χ3n) is 2.21. The summed E-state index contributed by atoms with van der Waals surface area (Å²) in [6.07, 6.45) is 0. The molecule has 0 aliphatic rings. The van der Waals surface area contributed by atoms with Crippen LogP contribution >= 0.6 is 0 Å². The Balaban J connectivity index is 2.32. The van der Waals surface area contributed by atoms with E-state index < -0.39 is 0 Å². The lowest BCUT2D eigenvalue weighted by Gasteiger charge is -2.06. The van der Waals surface area contributed by atoms with Crippen molar-refractivity contribution in [3.63, 3.8) is 0 Å². The Morgan fingerprint density at radius 1 is 1.33 bits per heavy atom. The van der Waals surface area contributed by atoms with Crippen LogP contribution in [0.15, 0.2) is 24.3 Å². The summed E-state index contributed by atoms with van der Waals surface area (Å²) in [6, 6.07) is 6.95. The van der Waals surface area contributed by atoms with Crippen LogP contribution in [-0.4, -0.2) is 17.4 Å². The van der Waals surface area contributed by atoms with E-state index in [-0.39, 0.29) is 17.5 Å². The van der Waals surface area contributed by atoms with Gasteiger partial charge in [-0.2, -0.15) is 0 Å². The molecule has 0 heterocycles. The molecule has 1 aromatic carbocycles. The second kappa shape index (κ2) is 5.51. The monoisotopic (exact) mass is 207 g/mol. The molecule has 3 nitrogen and oxygen atoms in total. The van der Waals surface area contributed by atoms with Crippen molar-refractivity contribution in [2.75, 3.05) is 6.54 Å². The van der Waals surface area contributed by atoms with Gasteiger partial charge in [0.1, 0.15) is 11.5 Å². The minimum atomic E-state index is 0.0808. The largest absolute Gasteiger partial charge is 0.508 e. The van der Waals surface area contributed by atoms with Crippen LogP contribution in [-0.2, 0) is 11.3 Å². The maximum Gasteiger partial charge on any atom is 0.149 e. The Morgan fingerprint density at radius 3 is 2.47 bits per heavy atom. The number of nitrogens with one attached hydrogen (secondary N) is 1. The number of Topliss-reactive ketones (excluding diaryl/α,β-unsaturated/α-hetero) is 1. The number of ketones is 1. The normalized spacial score (nSPS) is 10.6. The van der Waals surface area contributed by atoms with Crippen molar-refractivity contribution in [1.29, 1.82) is 0 Å². The summed E-state index contributed by atoms with van der Waals surface area (Å²) >= 11 is 0. The number of phenols is 1. The van der Waals surface area contributed by atoms with Crippen molar-refractivity contribution < 1.29 is 9.90 Å². The Labute approximate surface area is 90.1 Å². The minimum absolute atomic E-state index is 0.0808. The number of phenolic OH excluding ortho intramolecular Hbond substituents is 1. The van der Waals surface area contributed by atoms with E-state index in [9.17, 15) is 4.79 Å². The molecule has 0 aliphatic carbocycles. The molecular weight excluding hydrogens is 190 g/mol. The summed E-state index contributed by atoms with van der Waals surface area (Å²) < 4.78 is 0. The lowest BCUT2D eigenvalue weighted by molar-refractivity contribution is -0.121. The SMILES string of the molecule is CC(C)C(=O)CNCc1ccc(O)cc1. The highest BCUT2D eigenvalue weighted by atomic mass is 16.3. The molecule has 1 aromatic rings. The first kappa shape index (κ1) is 11.7. The van der Waals surface area contributed by atoms with Crippen molar-refractivity contribution in [2.24, 2.45) is 5.92 Å². The van der Waals surface area contributed by atoms with E-state index in [4.69, 9.17) is 5.11 Å². The quantitative estimate of drug-likeness (QED) is 0.772. The van der Waals surface area contributed by atoms with E-state index in [2.05, 4.69) is 5.32 Å². The zero-order chi connectivity index (χ0) is 11.3. The van der Waals surface area contributed by atoms with Crippen LogP contribution in [0, 0.1) is 5.92 Å². The Morgan fingerprint density at radius 2 is 1.93 bits per heavy atom. The first-order valence-electron chi connectivity index (χ1n) is 5.11. The number of benzene rings is 1. The molecule has 0 saturated carbocycles. The molecule has 0 spiro atoms. The highest BCUT2D eigenvalue weighted by Gasteiger charge is 2.05. The minimum Gasteiger partial charge on any atom is -0.508 e. The van der Waals surface area contributed by atoms with E-state index in [1.807, 2.05) is 26.0 Å². The van der Waals surface area contributed by atoms with E-state index in [0.29, 0.717) is 13.1 Å². The fourth-order valence-electron chi connectivity index (χ4n) is 1.15. The number of hydrogen-bond donors (Lipinski definition) is 2. The van der Waals surface area contributed by atoms with Gasteiger partial charge in [0, 0.05) is 12.5 Å². The molecule has 0 radical (unpaired) electrons. The number of carbonyl (C=O) groups is 1. The van der Waals surface area contributed by atoms with E-state index >= 15 is 0 Å². The smallest absolute Gasteiger partial charge is 0.149 e. The van der Waals surface area contributed by atoms with Gasteiger partial charge in [0.2, 0.25) is 0 Å². The van der Waals surface area contributed by atoms with Crippen LogP contribution < -0.4 is 5.32 Å². The first-order valence-corrected chi connectivity index (χ1v) is 5.11. The van der Waals surface area contributed by atoms with Crippen molar-refractivity contribution in [3.05, 3.63) is 29.8 Å². The number of hydrogen-bond acceptors (Lipinski definition) is 3. The molecule has 82 valence electrons. The second-order valence-electron chi connectivity index (χ2n) is 3.89. The van der Waals surface area contributed by atoms with Gasteiger partial charge in [-0.3, -0.25) is 4.79 Å². The van der Waals surface area contributed by atoms with Gasteiger partial charge < -0.3 is 10.4 Å². The molecule has 0 atom stereocenters. The topological polar surface area (TPSA) is 49.3 Å². The highest BCUT2D eigenvalue weighted by Crippen LogP contribution is 2.09. The molecule has 0 aliphatic heterocycles. The molecule has 0 amide bonds. The lowest BCUT2D eigenvalue weighted by atomic mass is 10.1. The van der Waals surface area contributed by atoms with Crippen LogP contribution in [0.1, 0.15) is 19.4 Å². The summed E-state index contributed by atoms with van der Waals surface area (Å²) in [4.78, 5) is 11.3. The highest BCUT2D eigenvalue weighted by molar-refractivity contribution is 5.82. The molecule has 15 heavy (non-hydrogen) atoms. The van der Waals surface area contributed by atoms with Crippen LogP contribution in [0.25, 0.3) is 0 Å². The molecule has 3 heteroatoms. The van der Waals surface area contributed by atoms with Crippen molar-refractivity contribution in [2.45, 2.75) is 20.4 Å². The average molecular weight is 207 g/mol. The summed E-state index contributed by atoms with van der Waals surface area (Å²) in [7, 11) is 0. The summed E-state index contributed by atoms with van der Waals surface area (Å²) in [6.45, 7) is 4.84. The average Bonchev–Trinajstić information content (AvgIpc) is 2.20. The van der Waals surface area contributed by atoms with Crippen LogP contribution in [0.3, 0.4) is 0 Å². The van der Waals surface area contributed by atoms with E-state index in [1.165, 1.54) is 0 Å². The fraction of sp³-hybridized carbons (Fsp3) is 0.417. The molecular formula is C12H17NO2. The third kappa shape index (κ3) is 4.13. The first-order chi connectivity index (χ1) is 7.09. The maximum absolute atomic E-state index is 11.3. The zero-order valence-corrected chi connectivity index (χ0v) is 9.16. The summed E-state index contributed by atoms with van der Waals surface area (Å²) in [5.74, 6) is 0.558. The Hall–Kier alpha value is -1.35. The predicted molar refractivity (Wildman–Crippen MR) is 59.7 cm³/mol. The van der Waals surface area contributed by atoms with Gasteiger partial charge in [0.05, 0.1) is 6.54 Å². The molecule has 0 saturated heterocycles. The molecule has 0 fully saturated rings. The van der Waals surface area contributed by atoms with Gasteiger partial charge in [-0.15, -0.1) is 0 Å². The van der Waals surface area contributed by atoms with Gasteiger partial charge in [0.25, 0.3) is 0 Å². The number of carbonyl (C=O) groups excluding carboxylic acids is 1. The fourth-order valence-corrected chi connectivity index (χ4v) is 1.15. The summed E-state index contributed by atoms with van der Waals surface area (Å²) in [5, 5.41) is 12.1. The van der Waals surface area contributed by atoms with Crippen molar-refractivity contribution in [3.8, 4) is 5.75 Å². The molecule has 1 rings (SSSR count). The van der Waals surface area contributed by atoms with Gasteiger partial charge in [-0.1, -0.05) is 26.0 Å². The van der Waals surface area contributed by atoms with Gasteiger partial charge in [0.15, 0.2) is 0 Å². The predicted octanol–water partition coefficient (Wildman–Crippen LogP) is 1.71. The van der Waals surface area contributed by atoms with E-state index in [0.717, 1.165) is 5.56 Å². The standard InChI is InChI=1S/C12H17NO2/c1-9(2)12(15)8-13-7-10-3-5-11(14)6-4-10/h3-6,9,13-14H,7-8H2,1-2H3. The zero-order valence-electron chi connectivity index (χ0n) is 9.16. The van der Waals surface area contributed by atoms with Gasteiger partial charge >= 0.3 is 0 Å². The lowest BCUT2D eigenvalue weighted by Crippen LogP contribution is -2.25. The van der Waals surface area contributed by atoms with Crippen LogP contribution in [0.5, 0.6) is 5.75 Å². The molecule has 0 aromatic heterocycles. The van der Waals surface area contributed by atoms with Crippen molar-refractivity contribution >= 4 is 5.78 Å². The maximum atomic E-state index is 11.3.